The number of rotatable bonds is 2. The SMILES string of the molecule is COC(=O)c1ccc(N2CCN(C(C)=O)CC2)nc1. The molecule has 0 bridgehead atoms. The Morgan fingerprint density at radius 2 is 1.89 bits per heavy atom. The number of esters is 1. The van der Waals surface area contributed by atoms with Gasteiger partial charge in [0, 0.05) is 39.3 Å². The maximum Gasteiger partial charge on any atom is 0.339 e. The fraction of sp³-hybridized carbons (Fsp3) is 0.462. The lowest BCUT2D eigenvalue weighted by Crippen LogP contribution is -2.48. The van der Waals surface area contributed by atoms with Crippen LogP contribution in [0.3, 0.4) is 0 Å². The number of carbonyl (C=O) groups is 2. The molecule has 6 heteroatoms. The second-order valence-corrected chi connectivity index (χ2v) is 4.39. The Kier molecular flexibility index (Phi) is 3.99. The molecule has 0 spiro atoms. The van der Waals surface area contributed by atoms with Gasteiger partial charge in [-0.3, -0.25) is 4.79 Å². The lowest BCUT2D eigenvalue weighted by molar-refractivity contribution is -0.129. The topological polar surface area (TPSA) is 62.7 Å². The number of ether oxygens (including phenoxy) is 1. The fourth-order valence-electron chi connectivity index (χ4n) is 2.06. The highest BCUT2D eigenvalue weighted by Crippen LogP contribution is 2.14. The second-order valence-electron chi connectivity index (χ2n) is 4.39. The summed E-state index contributed by atoms with van der Waals surface area (Å²) in [7, 11) is 1.34. The molecular formula is C13H17N3O3. The summed E-state index contributed by atoms with van der Waals surface area (Å²) in [5.41, 5.74) is 0.439. The van der Waals surface area contributed by atoms with Crippen LogP contribution >= 0.6 is 0 Å². The number of hydrogen-bond donors (Lipinski definition) is 0. The number of nitrogens with zero attached hydrogens (tertiary/aromatic N) is 3. The smallest absolute Gasteiger partial charge is 0.339 e. The van der Waals surface area contributed by atoms with Crippen molar-refractivity contribution in [2.24, 2.45) is 0 Å². The summed E-state index contributed by atoms with van der Waals surface area (Å²) in [6, 6.07) is 3.50. The molecule has 1 aliphatic heterocycles. The molecule has 1 fully saturated rings. The van der Waals surface area contributed by atoms with Crippen molar-refractivity contribution in [3.8, 4) is 0 Å². The minimum atomic E-state index is -0.388. The minimum absolute atomic E-state index is 0.105. The molecule has 1 saturated heterocycles. The van der Waals surface area contributed by atoms with E-state index < -0.39 is 0 Å². The maximum absolute atomic E-state index is 11.3. The van der Waals surface area contributed by atoms with Gasteiger partial charge in [0.2, 0.25) is 5.91 Å². The van der Waals surface area contributed by atoms with Gasteiger partial charge in [-0.15, -0.1) is 0 Å². The first-order valence-electron chi connectivity index (χ1n) is 6.16. The minimum Gasteiger partial charge on any atom is -0.465 e. The average molecular weight is 263 g/mol. The summed E-state index contributed by atoms with van der Waals surface area (Å²) in [5, 5.41) is 0. The molecule has 2 rings (SSSR count). The molecule has 0 aromatic carbocycles. The van der Waals surface area contributed by atoms with Gasteiger partial charge >= 0.3 is 5.97 Å². The lowest BCUT2D eigenvalue weighted by atomic mass is 10.2. The Labute approximate surface area is 112 Å². The van der Waals surface area contributed by atoms with Crippen molar-refractivity contribution in [2.45, 2.75) is 6.92 Å². The molecule has 2 heterocycles. The van der Waals surface area contributed by atoms with Crippen molar-refractivity contribution in [3.63, 3.8) is 0 Å². The summed E-state index contributed by atoms with van der Waals surface area (Å²) in [6.07, 6.45) is 1.51. The first kappa shape index (κ1) is 13.3. The van der Waals surface area contributed by atoms with E-state index in [0.29, 0.717) is 18.7 Å². The van der Waals surface area contributed by atoms with Gasteiger partial charge < -0.3 is 14.5 Å². The highest BCUT2D eigenvalue weighted by atomic mass is 16.5. The predicted octanol–water partition coefficient (Wildman–Crippen LogP) is 0.537. The summed E-state index contributed by atoms with van der Waals surface area (Å²) >= 11 is 0. The van der Waals surface area contributed by atoms with E-state index in [9.17, 15) is 9.59 Å². The monoisotopic (exact) mass is 263 g/mol. The van der Waals surface area contributed by atoms with Crippen LogP contribution in [0.2, 0.25) is 0 Å². The van der Waals surface area contributed by atoms with E-state index in [1.165, 1.54) is 13.3 Å². The van der Waals surface area contributed by atoms with Crippen LogP contribution in [0.1, 0.15) is 17.3 Å². The number of amides is 1. The van der Waals surface area contributed by atoms with Crippen molar-refractivity contribution >= 4 is 17.7 Å². The lowest BCUT2D eigenvalue weighted by Gasteiger charge is -2.34. The first-order chi connectivity index (χ1) is 9.11. The zero-order chi connectivity index (χ0) is 13.8. The van der Waals surface area contributed by atoms with Crippen molar-refractivity contribution < 1.29 is 14.3 Å². The molecule has 1 aliphatic rings. The second kappa shape index (κ2) is 5.69. The van der Waals surface area contributed by atoms with Crippen LogP contribution in [0, 0.1) is 0 Å². The van der Waals surface area contributed by atoms with Crippen molar-refractivity contribution in [3.05, 3.63) is 23.9 Å². The van der Waals surface area contributed by atoms with E-state index >= 15 is 0 Å². The molecule has 6 nitrogen and oxygen atoms in total. The highest BCUT2D eigenvalue weighted by molar-refractivity contribution is 5.89. The number of piperazine rings is 1. The number of pyridine rings is 1. The number of hydrogen-bond acceptors (Lipinski definition) is 5. The van der Waals surface area contributed by atoms with Crippen LogP contribution in [-0.4, -0.2) is 55.0 Å². The van der Waals surface area contributed by atoms with Crippen LogP contribution in [0.25, 0.3) is 0 Å². The zero-order valence-electron chi connectivity index (χ0n) is 11.1. The third-order valence-corrected chi connectivity index (χ3v) is 3.22. The molecule has 102 valence electrons. The van der Waals surface area contributed by atoms with Crippen LogP contribution in [-0.2, 0) is 9.53 Å². The van der Waals surface area contributed by atoms with E-state index in [1.807, 2.05) is 4.90 Å². The number of anilines is 1. The molecule has 0 saturated carbocycles. The van der Waals surface area contributed by atoms with Gasteiger partial charge in [-0.25, -0.2) is 9.78 Å². The summed E-state index contributed by atoms with van der Waals surface area (Å²) < 4.78 is 4.63. The fourth-order valence-corrected chi connectivity index (χ4v) is 2.06. The molecule has 1 aromatic rings. The van der Waals surface area contributed by atoms with Gasteiger partial charge in [-0.2, -0.15) is 0 Å². The number of methoxy groups -OCH3 is 1. The van der Waals surface area contributed by atoms with Crippen molar-refractivity contribution in [2.75, 3.05) is 38.2 Å². The quantitative estimate of drug-likeness (QED) is 0.729. The molecule has 0 atom stereocenters. The number of carbonyl (C=O) groups excluding carboxylic acids is 2. The first-order valence-corrected chi connectivity index (χ1v) is 6.16. The Hall–Kier alpha value is -2.11. The standard InChI is InChI=1S/C13H17N3O3/c1-10(17)15-5-7-16(8-6-15)12-4-3-11(9-14-12)13(18)19-2/h3-4,9H,5-8H2,1-2H3. The molecule has 0 radical (unpaired) electrons. The molecule has 0 unspecified atom stereocenters. The van der Waals surface area contributed by atoms with E-state index in [0.717, 1.165) is 18.9 Å². The van der Waals surface area contributed by atoms with Gasteiger partial charge in [-0.1, -0.05) is 0 Å². The van der Waals surface area contributed by atoms with Gasteiger partial charge in [-0.05, 0) is 12.1 Å². The van der Waals surface area contributed by atoms with Crippen LogP contribution < -0.4 is 4.90 Å². The van der Waals surface area contributed by atoms with Gasteiger partial charge in [0.15, 0.2) is 0 Å². The van der Waals surface area contributed by atoms with Crippen molar-refractivity contribution in [1.82, 2.24) is 9.88 Å². The number of aromatic nitrogens is 1. The third kappa shape index (κ3) is 3.01. The highest BCUT2D eigenvalue weighted by Gasteiger charge is 2.19. The Morgan fingerprint density at radius 3 is 2.37 bits per heavy atom. The van der Waals surface area contributed by atoms with Gasteiger partial charge in [0.1, 0.15) is 5.82 Å². The molecule has 1 aromatic heterocycles. The Balaban J connectivity index is 2.00. The van der Waals surface area contributed by atoms with Crippen LogP contribution in [0.15, 0.2) is 18.3 Å². The largest absolute Gasteiger partial charge is 0.465 e. The van der Waals surface area contributed by atoms with E-state index in [-0.39, 0.29) is 11.9 Å². The van der Waals surface area contributed by atoms with Crippen LogP contribution in [0.4, 0.5) is 5.82 Å². The Morgan fingerprint density at radius 1 is 1.21 bits per heavy atom. The van der Waals surface area contributed by atoms with Gasteiger partial charge in [0.25, 0.3) is 0 Å². The normalized spacial score (nSPS) is 15.3. The summed E-state index contributed by atoms with van der Waals surface area (Å²) in [5.74, 6) is 0.532. The molecule has 1 amide bonds. The molecular weight excluding hydrogens is 246 g/mol. The van der Waals surface area contributed by atoms with E-state index in [1.54, 1.807) is 19.1 Å². The van der Waals surface area contributed by atoms with Crippen LogP contribution in [0.5, 0.6) is 0 Å². The molecule has 19 heavy (non-hydrogen) atoms. The third-order valence-electron chi connectivity index (χ3n) is 3.22. The predicted molar refractivity (Wildman–Crippen MR) is 70.0 cm³/mol. The van der Waals surface area contributed by atoms with Gasteiger partial charge in [0.05, 0.1) is 12.7 Å². The van der Waals surface area contributed by atoms with E-state index in [4.69, 9.17) is 0 Å². The maximum atomic E-state index is 11.3. The average Bonchev–Trinajstić information content (AvgIpc) is 2.46. The summed E-state index contributed by atoms with van der Waals surface area (Å²) in [4.78, 5) is 30.7. The summed E-state index contributed by atoms with van der Waals surface area (Å²) in [6.45, 7) is 4.50. The van der Waals surface area contributed by atoms with E-state index in [2.05, 4.69) is 14.6 Å². The Bertz CT molecular complexity index is 465. The molecule has 0 aliphatic carbocycles. The molecule has 0 N–H and O–H groups in total. The van der Waals surface area contributed by atoms with Crippen molar-refractivity contribution in [1.29, 1.82) is 0 Å². The zero-order valence-corrected chi connectivity index (χ0v) is 11.1.